The van der Waals surface area contributed by atoms with Crippen LogP contribution in [0, 0.1) is 0 Å². The Bertz CT molecular complexity index is 380. The van der Waals surface area contributed by atoms with E-state index in [1.807, 2.05) is 0 Å². The topological polar surface area (TPSA) is 59.1 Å². The van der Waals surface area contributed by atoms with Crippen LogP contribution in [0.2, 0.25) is 0 Å². The lowest BCUT2D eigenvalue weighted by atomic mass is 10.1. The first kappa shape index (κ1) is 11.6. The van der Waals surface area contributed by atoms with E-state index in [9.17, 15) is 8.42 Å². The molecule has 0 bridgehead atoms. The lowest BCUT2D eigenvalue weighted by Gasteiger charge is -2.12. The molecule has 78 valence electrons. The predicted molar refractivity (Wildman–Crippen MR) is 58.5 cm³/mol. The molecule has 0 spiro atoms. The molecule has 0 saturated heterocycles. The number of hydrogen-bond donors (Lipinski definition) is 1. The molecule has 1 heterocycles. The van der Waals surface area contributed by atoms with Gasteiger partial charge in [-0.1, -0.05) is 15.9 Å². The number of halogens is 1. The van der Waals surface area contributed by atoms with Crippen molar-refractivity contribution in [1.29, 1.82) is 0 Å². The Morgan fingerprint density at radius 3 is 2.57 bits per heavy atom. The van der Waals surface area contributed by atoms with Crippen molar-refractivity contribution >= 4 is 26.0 Å². The summed E-state index contributed by atoms with van der Waals surface area (Å²) in [6.07, 6.45) is 3.27. The lowest BCUT2D eigenvalue weighted by molar-refractivity contribution is 0.572. The van der Waals surface area contributed by atoms with E-state index in [1.54, 1.807) is 31.5 Å². The molecule has 0 fully saturated rings. The Morgan fingerprint density at radius 1 is 1.50 bits per heavy atom. The van der Waals surface area contributed by atoms with Gasteiger partial charge in [-0.25, -0.2) is 13.1 Å². The van der Waals surface area contributed by atoms with Crippen molar-refractivity contribution in [2.75, 3.05) is 4.66 Å². The number of hydrogen-bond acceptors (Lipinski definition) is 3. The normalized spacial score (nSPS) is 13.9. The first-order valence-electron chi connectivity index (χ1n) is 4.01. The fraction of sp³-hybridized carbons (Fsp3) is 0.375. The van der Waals surface area contributed by atoms with E-state index in [0.29, 0.717) is 0 Å². The molecule has 0 unspecified atom stereocenters. The molecule has 0 aromatic carbocycles. The summed E-state index contributed by atoms with van der Waals surface area (Å²) in [6.45, 7) is 1.79. The second-order valence-corrected chi connectivity index (χ2v) is 5.90. The Hall–Kier alpha value is -0.460. The molecule has 0 radical (unpaired) electrons. The summed E-state index contributed by atoms with van der Waals surface area (Å²) in [5.41, 5.74) is 0.893. The van der Waals surface area contributed by atoms with Gasteiger partial charge in [-0.05, 0) is 24.6 Å². The molecule has 4 nitrogen and oxygen atoms in total. The van der Waals surface area contributed by atoms with E-state index in [0.717, 1.165) is 5.56 Å². The molecule has 0 saturated carbocycles. The Kier molecular flexibility index (Phi) is 4.03. The van der Waals surface area contributed by atoms with Crippen LogP contribution in [0.3, 0.4) is 0 Å². The molecule has 1 aromatic rings. The van der Waals surface area contributed by atoms with Crippen molar-refractivity contribution in [3.05, 3.63) is 30.1 Å². The number of alkyl halides is 1. The van der Waals surface area contributed by atoms with Crippen LogP contribution in [0.1, 0.15) is 18.5 Å². The standard InChI is InChI=1S/C8H11BrN2O2S/c1-7(11-14(12,13)6-9)8-2-4-10-5-3-8/h2-5,7,11H,6H2,1H3/t7-/m1/s1. The molecular formula is C8H11BrN2O2S. The van der Waals surface area contributed by atoms with Crippen LogP contribution in [0.25, 0.3) is 0 Å². The Labute approximate surface area is 91.9 Å². The van der Waals surface area contributed by atoms with E-state index in [-0.39, 0.29) is 10.7 Å². The fourth-order valence-electron chi connectivity index (χ4n) is 1.02. The molecule has 1 aromatic heterocycles. The number of nitrogens with zero attached hydrogens (tertiary/aromatic N) is 1. The third-order valence-corrected chi connectivity index (χ3v) is 4.51. The number of sulfonamides is 1. The molecule has 1 N–H and O–H groups in total. The number of nitrogens with one attached hydrogen (secondary N) is 1. The minimum atomic E-state index is -3.22. The molecule has 1 rings (SSSR count). The van der Waals surface area contributed by atoms with Crippen LogP contribution in [0.15, 0.2) is 24.5 Å². The van der Waals surface area contributed by atoms with Crippen molar-refractivity contribution in [2.24, 2.45) is 0 Å². The molecule has 6 heteroatoms. The van der Waals surface area contributed by atoms with Gasteiger partial charge in [0, 0.05) is 18.4 Å². The summed E-state index contributed by atoms with van der Waals surface area (Å²) in [5.74, 6) is 0. The summed E-state index contributed by atoms with van der Waals surface area (Å²) < 4.78 is 24.9. The minimum Gasteiger partial charge on any atom is -0.265 e. The van der Waals surface area contributed by atoms with Gasteiger partial charge in [0.15, 0.2) is 0 Å². The van der Waals surface area contributed by atoms with Crippen molar-refractivity contribution in [3.63, 3.8) is 0 Å². The van der Waals surface area contributed by atoms with Crippen molar-refractivity contribution in [2.45, 2.75) is 13.0 Å². The van der Waals surface area contributed by atoms with E-state index < -0.39 is 10.0 Å². The van der Waals surface area contributed by atoms with Crippen molar-refractivity contribution < 1.29 is 8.42 Å². The number of aromatic nitrogens is 1. The van der Waals surface area contributed by atoms with Gasteiger partial charge in [0.1, 0.15) is 4.66 Å². The van der Waals surface area contributed by atoms with Crippen LogP contribution in [0.5, 0.6) is 0 Å². The SMILES string of the molecule is C[C@@H](NS(=O)(=O)CBr)c1ccncc1. The lowest BCUT2D eigenvalue weighted by Crippen LogP contribution is -2.27. The van der Waals surface area contributed by atoms with Crippen LogP contribution >= 0.6 is 15.9 Å². The number of pyridine rings is 1. The molecule has 0 aliphatic heterocycles. The molecule has 1 atom stereocenters. The van der Waals surface area contributed by atoms with Gasteiger partial charge in [-0.3, -0.25) is 4.98 Å². The molecular weight excluding hydrogens is 268 g/mol. The van der Waals surface area contributed by atoms with Crippen LogP contribution < -0.4 is 4.72 Å². The minimum absolute atomic E-state index is 0.0879. The second-order valence-electron chi connectivity index (χ2n) is 2.84. The fourth-order valence-corrected chi connectivity index (χ4v) is 2.16. The maximum Gasteiger partial charge on any atom is 0.222 e. The average Bonchev–Trinajstić information content (AvgIpc) is 2.19. The quantitative estimate of drug-likeness (QED) is 0.848. The summed E-state index contributed by atoms with van der Waals surface area (Å²) in [7, 11) is -3.22. The second kappa shape index (κ2) is 4.86. The largest absolute Gasteiger partial charge is 0.265 e. The van der Waals surface area contributed by atoms with Gasteiger partial charge in [0.25, 0.3) is 0 Å². The summed E-state index contributed by atoms with van der Waals surface area (Å²) in [4.78, 5) is 3.86. The third-order valence-electron chi connectivity index (χ3n) is 1.71. The highest BCUT2D eigenvalue weighted by atomic mass is 79.9. The maximum atomic E-state index is 11.2. The van der Waals surface area contributed by atoms with Gasteiger partial charge in [0.05, 0.1) is 0 Å². The van der Waals surface area contributed by atoms with Gasteiger partial charge in [-0.2, -0.15) is 0 Å². The zero-order valence-corrected chi connectivity index (χ0v) is 10.0. The van der Waals surface area contributed by atoms with Gasteiger partial charge >= 0.3 is 0 Å². The highest BCUT2D eigenvalue weighted by Gasteiger charge is 2.13. The first-order valence-corrected chi connectivity index (χ1v) is 6.78. The van der Waals surface area contributed by atoms with E-state index in [1.165, 1.54) is 0 Å². The van der Waals surface area contributed by atoms with Gasteiger partial charge in [0.2, 0.25) is 10.0 Å². The zero-order valence-electron chi connectivity index (χ0n) is 7.64. The van der Waals surface area contributed by atoms with Gasteiger partial charge < -0.3 is 0 Å². The monoisotopic (exact) mass is 278 g/mol. The molecule has 0 aliphatic carbocycles. The van der Waals surface area contributed by atoms with Crippen molar-refractivity contribution in [3.8, 4) is 0 Å². The molecule has 0 amide bonds. The van der Waals surface area contributed by atoms with Crippen molar-refractivity contribution in [1.82, 2.24) is 9.71 Å². The van der Waals surface area contributed by atoms with Gasteiger partial charge in [-0.15, -0.1) is 0 Å². The maximum absolute atomic E-state index is 11.2. The highest BCUT2D eigenvalue weighted by Crippen LogP contribution is 2.11. The Morgan fingerprint density at radius 2 is 2.07 bits per heavy atom. The summed E-state index contributed by atoms with van der Waals surface area (Å²) in [6, 6.07) is 3.32. The summed E-state index contributed by atoms with van der Waals surface area (Å²) in [5, 5.41) is 0. The predicted octanol–water partition coefficient (Wildman–Crippen LogP) is 1.41. The summed E-state index contributed by atoms with van der Waals surface area (Å²) >= 11 is 2.91. The molecule has 0 aliphatic rings. The third kappa shape index (κ3) is 3.36. The van der Waals surface area contributed by atoms with Crippen LogP contribution in [-0.4, -0.2) is 18.1 Å². The molecule has 14 heavy (non-hydrogen) atoms. The number of rotatable bonds is 4. The van der Waals surface area contributed by atoms with Crippen LogP contribution in [-0.2, 0) is 10.0 Å². The average molecular weight is 279 g/mol. The first-order chi connectivity index (χ1) is 6.55. The van der Waals surface area contributed by atoms with E-state index in [2.05, 4.69) is 25.6 Å². The Balaban J connectivity index is 2.74. The van der Waals surface area contributed by atoms with E-state index in [4.69, 9.17) is 0 Å². The van der Waals surface area contributed by atoms with Crippen LogP contribution in [0.4, 0.5) is 0 Å². The van der Waals surface area contributed by atoms with E-state index >= 15 is 0 Å². The smallest absolute Gasteiger partial charge is 0.222 e. The highest BCUT2D eigenvalue weighted by molar-refractivity contribution is 9.10. The zero-order chi connectivity index (χ0) is 10.6.